The second-order valence-electron chi connectivity index (χ2n) is 9.11. The van der Waals surface area contributed by atoms with Gasteiger partial charge in [0.05, 0.1) is 17.7 Å². The van der Waals surface area contributed by atoms with E-state index < -0.39 is 28.5 Å². The monoisotopic (exact) mass is 605 g/mol. The molecule has 1 atom stereocenters. The molecule has 11 heteroatoms. The summed E-state index contributed by atoms with van der Waals surface area (Å²) in [6.07, 6.45) is 1.69. The van der Waals surface area contributed by atoms with Gasteiger partial charge in [0.2, 0.25) is 11.8 Å². The second kappa shape index (κ2) is 14.4. The molecule has 0 bridgehead atoms. The van der Waals surface area contributed by atoms with Gasteiger partial charge in [-0.2, -0.15) is 0 Å². The molecule has 0 aliphatic heterocycles. The number of nitrogens with one attached hydrogen (secondary N) is 1. The Morgan fingerprint density at radius 1 is 0.975 bits per heavy atom. The smallest absolute Gasteiger partial charge is 0.264 e. The quantitative estimate of drug-likeness (QED) is 0.258. The number of halogens is 2. The molecule has 3 aromatic rings. The third kappa shape index (κ3) is 7.90. The van der Waals surface area contributed by atoms with Crippen LogP contribution < -0.4 is 14.4 Å². The van der Waals surface area contributed by atoms with E-state index >= 15 is 0 Å². The molecular weight excluding hydrogens is 573 g/mol. The van der Waals surface area contributed by atoms with E-state index in [9.17, 15) is 18.0 Å². The molecule has 0 saturated carbocycles. The summed E-state index contributed by atoms with van der Waals surface area (Å²) in [6.45, 7) is 3.51. The molecule has 40 heavy (non-hydrogen) atoms. The average molecular weight is 607 g/mol. The van der Waals surface area contributed by atoms with Crippen LogP contribution in [0.4, 0.5) is 5.69 Å². The number of unbranched alkanes of at least 4 members (excludes halogenated alkanes) is 1. The Morgan fingerprint density at radius 3 is 2.33 bits per heavy atom. The summed E-state index contributed by atoms with van der Waals surface area (Å²) in [5, 5.41) is 3.59. The summed E-state index contributed by atoms with van der Waals surface area (Å²) in [5.41, 5.74) is 0.779. The Balaban J connectivity index is 2.06. The molecule has 0 unspecified atom stereocenters. The summed E-state index contributed by atoms with van der Waals surface area (Å²) in [7, 11) is -2.85. The fraction of sp³-hybridized carbons (Fsp3) is 0.310. The van der Waals surface area contributed by atoms with E-state index in [1.165, 1.54) is 36.3 Å². The van der Waals surface area contributed by atoms with Gasteiger partial charge in [0.1, 0.15) is 18.3 Å². The van der Waals surface area contributed by atoms with Crippen LogP contribution in [0.3, 0.4) is 0 Å². The predicted octanol–water partition coefficient (Wildman–Crippen LogP) is 5.53. The average Bonchev–Trinajstić information content (AvgIpc) is 2.94. The Morgan fingerprint density at radius 2 is 1.68 bits per heavy atom. The summed E-state index contributed by atoms with van der Waals surface area (Å²) < 4.78 is 34.2. The maximum Gasteiger partial charge on any atom is 0.264 e. The molecule has 2 amide bonds. The molecule has 0 radical (unpaired) electrons. The lowest BCUT2D eigenvalue weighted by Crippen LogP contribution is -2.51. The van der Waals surface area contributed by atoms with Crippen LogP contribution in [0.15, 0.2) is 77.7 Å². The molecule has 0 aromatic heterocycles. The van der Waals surface area contributed by atoms with E-state index in [4.69, 9.17) is 27.9 Å². The molecule has 214 valence electrons. The van der Waals surface area contributed by atoms with Gasteiger partial charge in [-0.15, -0.1) is 0 Å². The highest BCUT2D eigenvalue weighted by molar-refractivity contribution is 7.92. The summed E-state index contributed by atoms with van der Waals surface area (Å²) in [5.74, 6) is -0.732. The summed E-state index contributed by atoms with van der Waals surface area (Å²) >= 11 is 12.4. The number of carbonyl (C=O) groups excluding carboxylic acids is 2. The van der Waals surface area contributed by atoms with Gasteiger partial charge in [0.15, 0.2) is 0 Å². The SMILES string of the molecule is CCCCNC(=O)[C@H](C)N(Cc1cccc(Cl)c1)C(=O)CN(c1cc(Cl)ccc1OC)S(=O)(=O)c1ccccc1. The minimum absolute atomic E-state index is 0.0171. The van der Waals surface area contributed by atoms with Gasteiger partial charge in [0, 0.05) is 23.1 Å². The van der Waals surface area contributed by atoms with Crippen molar-refractivity contribution in [2.75, 3.05) is 24.5 Å². The highest BCUT2D eigenvalue weighted by atomic mass is 35.5. The number of hydrogen-bond acceptors (Lipinski definition) is 5. The van der Waals surface area contributed by atoms with Crippen molar-refractivity contribution in [3.8, 4) is 5.75 Å². The largest absolute Gasteiger partial charge is 0.495 e. The van der Waals surface area contributed by atoms with Crippen molar-refractivity contribution in [1.82, 2.24) is 10.2 Å². The Labute approximate surface area is 245 Å². The van der Waals surface area contributed by atoms with Crippen LogP contribution in [0.2, 0.25) is 10.0 Å². The van der Waals surface area contributed by atoms with Crippen LogP contribution in [-0.2, 0) is 26.2 Å². The summed E-state index contributed by atoms with van der Waals surface area (Å²) in [6, 6.07) is 18.3. The van der Waals surface area contributed by atoms with Crippen molar-refractivity contribution in [3.05, 3.63) is 88.4 Å². The lowest BCUT2D eigenvalue weighted by atomic mass is 10.1. The number of nitrogens with zero attached hydrogens (tertiary/aromatic N) is 2. The lowest BCUT2D eigenvalue weighted by molar-refractivity contribution is -0.139. The van der Waals surface area contributed by atoms with Crippen molar-refractivity contribution in [2.45, 2.75) is 44.2 Å². The van der Waals surface area contributed by atoms with E-state index in [0.29, 0.717) is 17.1 Å². The highest BCUT2D eigenvalue weighted by Gasteiger charge is 2.34. The molecule has 0 aliphatic carbocycles. The molecule has 8 nitrogen and oxygen atoms in total. The first-order chi connectivity index (χ1) is 19.1. The zero-order valence-electron chi connectivity index (χ0n) is 22.6. The van der Waals surface area contributed by atoms with Crippen LogP contribution in [-0.4, -0.2) is 51.4 Å². The van der Waals surface area contributed by atoms with Gasteiger partial charge in [0.25, 0.3) is 10.0 Å². The molecule has 1 N–H and O–H groups in total. The van der Waals surface area contributed by atoms with Gasteiger partial charge < -0.3 is 15.0 Å². The fourth-order valence-electron chi connectivity index (χ4n) is 4.04. The van der Waals surface area contributed by atoms with Crippen molar-refractivity contribution in [1.29, 1.82) is 0 Å². The van der Waals surface area contributed by atoms with E-state index in [1.54, 1.807) is 55.5 Å². The first-order valence-corrected chi connectivity index (χ1v) is 15.0. The highest BCUT2D eigenvalue weighted by Crippen LogP contribution is 2.35. The molecule has 0 spiro atoms. The molecule has 3 aromatic carbocycles. The Bertz CT molecular complexity index is 1420. The topological polar surface area (TPSA) is 96.0 Å². The van der Waals surface area contributed by atoms with Crippen molar-refractivity contribution < 1.29 is 22.7 Å². The van der Waals surface area contributed by atoms with E-state index in [-0.39, 0.29) is 33.8 Å². The van der Waals surface area contributed by atoms with Crippen LogP contribution in [0, 0.1) is 0 Å². The number of amides is 2. The molecule has 0 saturated heterocycles. The van der Waals surface area contributed by atoms with Crippen molar-refractivity contribution in [3.63, 3.8) is 0 Å². The zero-order valence-corrected chi connectivity index (χ0v) is 25.0. The number of rotatable bonds is 13. The van der Waals surface area contributed by atoms with Gasteiger partial charge >= 0.3 is 0 Å². The first-order valence-electron chi connectivity index (χ1n) is 12.8. The van der Waals surface area contributed by atoms with Gasteiger partial charge in [-0.1, -0.05) is 66.9 Å². The molecule has 3 rings (SSSR count). The van der Waals surface area contributed by atoms with E-state index in [2.05, 4.69) is 5.32 Å². The van der Waals surface area contributed by atoms with Crippen LogP contribution in [0.1, 0.15) is 32.3 Å². The Kier molecular flexibility index (Phi) is 11.2. The Hall–Kier alpha value is -3.27. The normalized spacial score (nSPS) is 11.9. The predicted molar refractivity (Wildman–Crippen MR) is 158 cm³/mol. The van der Waals surface area contributed by atoms with Crippen LogP contribution in [0.25, 0.3) is 0 Å². The van der Waals surface area contributed by atoms with Crippen LogP contribution in [0.5, 0.6) is 5.75 Å². The number of methoxy groups -OCH3 is 1. The van der Waals surface area contributed by atoms with Crippen LogP contribution >= 0.6 is 23.2 Å². The molecular formula is C29H33Cl2N3O5S. The minimum Gasteiger partial charge on any atom is -0.495 e. The van der Waals surface area contributed by atoms with Gasteiger partial charge in [-0.25, -0.2) is 8.42 Å². The number of benzene rings is 3. The molecule has 0 fully saturated rings. The summed E-state index contributed by atoms with van der Waals surface area (Å²) in [4.78, 5) is 28.4. The maximum absolute atomic E-state index is 14.0. The van der Waals surface area contributed by atoms with Gasteiger partial charge in [-0.05, 0) is 61.4 Å². The van der Waals surface area contributed by atoms with E-state index in [1.807, 2.05) is 6.92 Å². The fourth-order valence-corrected chi connectivity index (χ4v) is 5.86. The second-order valence-corrected chi connectivity index (χ2v) is 11.8. The zero-order chi connectivity index (χ0) is 29.3. The van der Waals surface area contributed by atoms with Crippen molar-refractivity contribution in [2.24, 2.45) is 0 Å². The number of carbonyl (C=O) groups is 2. The molecule has 0 heterocycles. The van der Waals surface area contributed by atoms with Crippen molar-refractivity contribution >= 4 is 50.7 Å². The molecule has 0 aliphatic rings. The number of anilines is 1. The maximum atomic E-state index is 14.0. The van der Waals surface area contributed by atoms with Gasteiger partial charge in [-0.3, -0.25) is 13.9 Å². The number of ether oxygens (including phenoxy) is 1. The van der Waals surface area contributed by atoms with E-state index in [0.717, 1.165) is 17.1 Å². The standard InChI is InChI=1S/C29H33Cl2N3O5S/c1-4-5-16-32-29(36)21(2)33(19-22-10-9-11-23(30)17-22)28(35)20-34(26-18-24(31)14-15-27(26)39-3)40(37,38)25-12-7-6-8-13-25/h6-15,17-18,21H,4-5,16,19-20H2,1-3H3,(H,32,36)/t21-/m0/s1. The number of sulfonamides is 1. The first kappa shape index (κ1) is 31.3. The number of hydrogen-bond donors (Lipinski definition) is 1. The third-order valence-electron chi connectivity index (χ3n) is 6.26. The minimum atomic E-state index is -4.25. The third-order valence-corrected chi connectivity index (χ3v) is 8.50. The lowest BCUT2D eigenvalue weighted by Gasteiger charge is -2.32.